The predicted octanol–water partition coefficient (Wildman–Crippen LogP) is 4.90. The van der Waals surface area contributed by atoms with Crippen molar-refractivity contribution in [1.29, 1.82) is 0 Å². The first-order chi connectivity index (χ1) is 13.3. The van der Waals surface area contributed by atoms with Crippen LogP contribution in [0.4, 0.5) is 5.82 Å². The van der Waals surface area contributed by atoms with Gasteiger partial charge in [-0.05, 0) is 29.1 Å². The number of rotatable bonds is 4. The Morgan fingerprint density at radius 2 is 2.07 bits per heavy atom. The van der Waals surface area contributed by atoms with E-state index in [1.807, 2.05) is 29.6 Å². The lowest BCUT2D eigenvalue weighted by Crippen LogP contribution is -2.05. The maximum absolute atomic E-state index is 6.37. The van der Waals surface area contributed by atoms with Gasteiger partial charge in [0.2, 0.25) is 0 Å². The molecule has 6 nitrogen and oxygen atoms in total. The minimum Gasteiger partial charge on any atom is -0.364 e. The molecule has 0 saturated carbocycles. The number of halogens is 1. The summed E-state index contributed by atoms with van der Waals surface area (Å²) in [5.74, 6) is 0.709. The van der Waals surface area contributed by atoms with E-state index >= 15 is 0 Å². The van der Waals surface area contributed by atoms with Crippen LogP contribution in [-0.2, 0) is 6.54 Å². The van der Waals surface area contributed by atoms with Gasteiger partial charge in [-0.3, -0.25) is 0 Å². The maximum atomic E-state index is 6.37. The minimum atomic E-state index is 0.563. The van der Waals surface area contributed by atoms with Gasteiger partial charge in [-0.1, -0.05) is 29.8 Å². The first-order valence-corrected chi connectivity index (χ1v) is 9.55. The molecule has 0 aliphatic heterocycles. The molecule has 132 valence electrons. The number of nitrogens with one attached hydrogen (secondary N) is 2. The van der Waals surface area contributed by atoms with Crippen molar-refractivity contribution in [3.63, 3.8) is 0 Å². The zero-order valence-electron chi connectivity index (χ0n) is 14.0. The standard InChI is InChI=1S/C19H13ClN6S/c20-13-4-1-3-11-7-12(16(26-15(11)13)14-5-2-6-27-14)8-21-18-17-19(23-9-22-17)25-10-24-18/h1-7,9-10H,8H2,(H2,21,22,23,24,25). The number of H-pyrrole nitrogens is 1. The molecule has 2 N–H and O–H groups in total. The van der Waals surface area contributed by atoms with Crippen LogP contribution in [0.2, 0.25) is 5.02 Å². The molecule has 0 saturated heterocycles. The Kier molecular flexibility index (Phi) is 3.95. The first kappa shape index (κ1) is 16.2. The third-order valence-electron chi connectivity index (χ3n) is 4.30. The zero-order valence-corrected chi connectivity index (χ0v) is 15.6. The van der Waals surface area contributed by atoms with E-state index in [0.717, 1.165) is 32.6 Å². The molecule has 0 radical (unpaired) electrons. The minimum absolute atomic E-state index is 0.563. The van der Waals surface area contributed by atoms with Gasteiger partial charge >= 0.3 is 0 Å². The highest BCUT2D eigenvalue weighted by atomic mass is 35.5. The summed E-state index contributed by atoms with van der Waals surface area (Å²) < 4.78 is 0. The topological polar surface area (TPSA) is 79.4 Å². The van der Waals surface area contributed by atoms with Gasteiger partial charge in [0.25, 0.3) is 0 Å². The van der Waals surface area contributed by atoms with Gasteiger partial charge in [-0.25, -0.2) is 19.9 Å². The number of hydrogen-bond donors (Lipinski definition) is 2. The van der Waals surface area contributed by atoms with Crippen molar-refractivity contribution in [2.24, 2.45) is 0 Å². The lowest BCUT2D eigenvalue weighted by Gasteiger charge is -2.12. The number of nitrogens with zero attached hydrogens (tertiary/aromatic N) is 4. The van der Waals surface area contributed by atoms with E-state index in [-0.39, 0.29) is 0 Å². The van der Waals surface area contributed by atoms with E-state index in [1.165, 1.54) is 6.33 Å². The average molecular weight is 393 g/mol. The van der Waals surface area contributed by atoms with E-state index in [1.54, 1.807) is 17.7 Å². The Hall–Kier alpha value is -3.03. The maximum Gasteiger partial charge on any atom is 0.182 e. The van der Waals surface area contributed by atoms with Crippen LogP contribution < -0.4 is 5.32 Å². The molecule has 8 heteroatoms. The van der Waals surface area contributed by atoms with Crippen LogP contribution in [0, 0.1) is 0 Å². The predicted molar refractivity (Wildman–Crippen MR) is 109 cm³/mol. The van der Waals surface area contributed by atoms with E-state index in [0.29, 0.717) is 23.0 Å². The number of para-hydroxylation sites is 1. The van der Waals surface area contributed by atoms with Crippen LogP contribution in [0.15, 0.2) is 54.4 Å². The Morgan fingerprint density at radius 3 is 2.96 bits per heavy atom. The normalized spacial score (nSPS) is 11.3. The highest BCUT2D eigenvalue weighted by Gasteiger charge is 2.13. The molecule has 0 unspecified atom stereocenters. The van der Waals surface area contributed by atoms with Crippen molar-refractivity contribution in [3.8, 4) is 10.6 Å². The second-order valence-electron chi connectivity index (χ2n) is 5.96. The number of pyridine rings is 1. The van der Waals surface area contributed by atoms with Gasteiger partial charge in [-0.15, -0.1) is 11.3 Å². The molecule has 0 amide bonds. The highest BCUT2D eigenvalue weighted by molar-refractivity contribution is 7.13. The summed E-state index contributed by atoms with van der Waals surface area (Å²) in [7, 11) is 0. The molecule has 27 heavy (non-hydrogen) atoms. The fourth-order valence-corrected chi connectivity index (χ4v) is 4.02. The van der Waals surface area contributed by atoms with Crippen LogP contribution in [-0.4, -0.2) is 24.9 Å². The van der Waals surface area contributed by atoms with Crippen LogP contribution in [0.3, 0.4) is 0 Å². The average Bonchev–Trinajstić information content (AvgIpc) is 3.38. The third-order valence-corrected chi connectivity index (χ3v) is 5.48. The molecule has 5 rings (SSSR count). The summed E-state index contributed by atoms with van der Waals surface area (Å²) in [4.78, 5) is 21.7. The summed E-state index contributed by atoms with van der Waals surface area (Å²) in [6.07, 6.45) is 3.12. The van der Waals surface area contributed by atoms with Gasteiger partial charge in [0.1, 0.15) is 11.8 Å². The first-order valence-electron chi connectivity index (χ1n) is 8.29. The fourth-order valence-electron chi connectivity index (χ4n) is 3.05. The van der Waals surface area contributed by atoms with Gasteiger partial charge in [0, 0.05) is 11.9 Å². The Balaban J connectivity index is 1.59. The van der Waals surface area contributed by atoms with Crippen molar-refractivity contribution < 1.29 is 0 Å². The second kappa shape index (κ2) is 6.61. The fraction of sp³-hybridized carbons (Fsp3) is 0.0526. The van der Waals surface area contributed by atoms with Crippen LogP contribution in [0.25, 0.3) is 32.6 Å². The number of benzene rings is 1. The SMILES string of the molecule is Clc1cccc2cc(CNc3ncnc4nc[nH]c34)c(-c3cccs3)nc12. The van der Waals surface area contributed by atoms with Gasteiger partial charge in [0.05, 0.1) is 27.4 Å². The molecule has 0 atom stereocenters. The molecule has 4 heterocycles. The van der Waals surface area contributed by atoms with Crippen molar-refractivity contribution in [2.45, 2.75) is 6.54 Å². The number of aromatic amines is 1. The number of hydrogen-bond acceptors (Lipinski definition) is 6. The summed E-state index contributed by atoms with van der Waals surface area (Å²) >= 11 is 8.02. The summed E-state index contributed by atoms with van der Waals surface area (Å²) in [5, 5.41) is 7.09. The Labute approximate surface area is 163 Å². The van der Waals surface area contributed by atoms with E-state index < -0.39 is 0 Å². The lowest BCUT2D eigenvalue weighted by molar-refractivity contribution is 1.09. The molecule has 5 aromatic rings. The van der Waals surface area contributed by atoms with Crippen molar-refractivity contribution >= 4 is 50.8 Å². The van der Waals surface area contributed by atoms with E-state index in [4.69, 9.17) is 16.6 Å². The van der Waals surface area contributed by atoms with Gasteiger partial charge in [-0.2, -0.15) is 0 Å². The largest absolute Gasteiger partial charge is 0.364 e. The second-order valence-corrected chi connectivity index (χ2v) is 7.32. The number of fused-ring (bicyclic) bond motifs is 2. The Morgan fingerprint density at radius 1 is 1.11 bits per heavy atom. The molecular weight excluding hydrogens is 380 g/mol. The highest BCUT2D eigenvalue weighted by Crippen LogP contribution is 2.32. The number of anilines is 1. The zero-order chi connectivity index (χ0) is 18.2. The molecule has 0 fully saturated rings. The smallest absolute Gasteiger partial charge is 0.182 e. The van der Waals surface area contributed by atoms with Gasteiger partial charge < -0.3 is 10.3 Å². The van der Waals surface area contributed by atoms with Crippen LogP contribution in [0.5, 0.6) is 0 Å². The number of aromatic nitrogens is 5. The number of thiophene rings is 1. The quantitative estimate of drug-likeness (QED) is 0.455. The number of imidazole rings is 1. The van der Waals surface area contributed by atoms with Crippen molar-refractivity contribution in [1.82, 2.24) is 24.9 Å². The van der Waals surface area contributed by atoms with Crippen LogP contribution in [0.1, 0.15) is 5.56 Å². The van der Waals surface area contributed by atoms with E-state index in [9.17, 15) is 0 Å². The summed E-state index contributed by atoms with van der Waals surface area (Å²) in [5.41, 5.74) is 4.22. The molecule has 0 aliphatic rings. The molecule has 0 spiro atoms. The summed E-state index contributed by atoms with van der Waals surface area (Å²) in [6.45, 7) is 0.563. The molecule has 1 aromatic carbocycles. The molecular formula is C19H13ClN6S. The van der Waals surface area contributed by atoms with Crippen molar-refractivity contribution in [3.05, 3.63) is 65.0 Å². The van der Waals surface area contributed by atoms with Crippen molar-refractivity contribution in [2.75, 3.05) is 5.32 Å². The monoisotopic (exact) mass is 392 g/mol. The molecule has 0 bridgehead atoms. The third kappa shape index (κ3) is 2.90. The van der Waals surface area contributed by atoms with Crippen LogP contribution >= 0.6 is 22.9 Å². The van der Waals surface area contributed by atoms with E-state index in [2.05, 4.69) is 37.4 Å². The Bertz CT molecular complexity index is 1250. The molecule has 0 aliphatic carbocycles. The lowest BCUT2D eigenvalue weighted by atomic mass is 10.1. The summed E-state index contributed by atoms with van der Waals surface area (Å²) in [6, 6.07) is 12.0. The molecule has 4 aromatic heterocycles. The van der Waals surface area contributed by atoms with Gasteiger partial charge in [0.15, 0.2) is 11.5 Å².